The van der Waals surface area contributed by atoms with Crippen LogP contribution in [0.15, 0.2) is 48.5 Å². The molecule has 6 nitrogen and oxygen atoms in total. The number of benzene rings is 3. The smallest absolute Gasteiger partial charge is 0.163 e. The fourth-order valence-corrected chi connectivity index (χ4v) is 7.78. The third-order valence-electron chi connectivity index (χ3n) is 8.57. The Morgan fingerprint density at radius 3 is 2.36 bits per heavy atom. The first-order valence-electron chi connectivity index (χ1n) is 15.4. The number of carbonyl (C=O) groups is 1. The Morgan fingerprint density at radius 2 is 1.73 bits per heavy atom. The number of likely N-dealkylation sites (tertiary alicyclic amines) is 1. The van der Waals surface area contributed by atoms with Crippen molar-refractivity contribution in [2.24, 2.45) is 0 Å². The summed E-state index contributed by atoms with van der Waals surface area (Å²) in [4.78, 5) is 25.8. The van der Waals surface area contributed by atoms with E-state index >= 15 is 0 Å². The number of thiazole rings is 1. The van der Waals surface area contributed by atoms with Crippen molar-refractivity contribution in [1.82, 2.24) is 19.4 Å². The van der Waals surface area contributed by atoms with Crippen LogP contribution in [0.2, 0.25) is 5.02 Å². The number of Topliss-reactive ketones (excluding diaryl/α,β-unsaturated/α-hetero) is 1. The fraction of sp³-hybridized carbons (Fsp3) is 0.417. The van der Waals surface area contributed by atoms with Crippen molar-refractivity contribution in [3.05, 3.63) is 70.5 Å². The second-order valence-corrected chi connectivity index (χ2v) is 14.8. The van der Waals surface area contributed by atoms with E-state index in [9.17, 15) is 4.79 Å². The number of aryl methyl sites for hydroxylation is 2. The molecule has 0 spiro atoms. The summed E-state index contributed by atoms with van der Waals surface area (Å²) in [5.74, 6) is 1.02. The lowest BCUT2D eigenvalue weighted by Gasteiger charge is -2.29. The predicted molar refractivity (Wildman–Crippen MR) is 183 cm³/mol. The molecular formula is C36H41ClN4O2S. The quantitative estimate of drug-likeness (QED) is 0.180. The molecule has 6 rings (SSSR count). The first-order chi connectivity index (χ1) is 20.8. The fourth-order valence-electron chi connectivity index (χ4n) is 6.53. The highest BCUT2D eigenvalue weighted by Crippen LogP contribution is 2.45. The van der Waals surface area contributed by atoms with Crippen molar-refractivity contribution >= 4 is 50.0 Å². The zero-order valence-corrected chi connectivity index (χ0v) is 28.4. The van der Waals surface area contributed by atoms with Crippen LogP contribution in [0.1, 0.15) is 77.1 Å². The van der Waals surface area contributed by atoms with E-state index in [4.69, 9.17) is 26.3 Å². The van der Waals surface area contributed by atoms with Gasteiger partial charge in [-0.05, 0) is 109 Å². The van der Waals surface area contributed by atoms with Crippen LogP contribution in [0.3, 0.4) is 0 Å². The number of nitrogens with zero attached hydrogens (tertiary/aromatic N) is 4. The molecule has 3 aromatic carbocycles. The van der Waals surface area contributed by atoms with Gasteiger partial charge in [0.15, 0.2) is 5.78 Å². The lowest BCUT2D eigenvalue weighted by atomic mass is 9.90. The maximum Gasteiger partial charge on any atom is 0.163 e. The van der Waals surface area contributed by atoms with Crippen LogP contribution < -0.4 is 0 Å². The third kappa shape index (κ3) is 5.83. The van der Waals surface area contributed by atoms with Crippen molar-refractivity contribution in [2.45, 2.75) is 85.6 Å². The number of hydrogen-bond acceptors (Lipinski definition) is 6. The standard InChI is InChI=1S/C36H41ClN4O2S/c1-20(2)40-16-15-27(19-40)41-23(5)38-28-14-11-25(18-30(28)41)35-39-29-17-21(3)31(33(22(4)42)43-36(6,7)8)32(34(29)44-35)24-9-12-26(37)13-10-24/h9-14,17-18,20,27,33H,15-16,19H2,1-8H3/t27-,33-/m1/s1. The number of ether oxygens (including phenoxy) is 1. The molecule has 5 aromatic rings. The van der Waals surface area contributed by atoms with Gasteiger partial charge >= 0.3 is 0 Å². The molecule has 0 radical (unpaired) electrons. The molecule has 1 fully saturated rings. The Bertz CT molecular complexity index is 1870. The Labute approximate surface area is 269 Å². The molecule has 3 heterocycles. The Kier molecular flexibility index (Phi) is 8.20. The Morgan fingerprint density at radius 1 is 1.02 bits per heavy atom. The molecule has 0 aliphatic carbocycles. The van der Waals surface area contributed by atoms with Crippen LogP contribution in [0, 0.1) is 13.8 Å². The minimum atomic E-state index is -0.707. The molecule has 2 aromatic heterocycles. The van der Waals surface area contributed by atoms with Crippen molar-refractivity contribution < 1.29 is 9.53 Å². The van der Waals surface area contributed by atoms with Gasteiger partial charge in [-0.3, -0.25) is 9.69 Å². The van der Waals surface area contributed by atoms with Crippen molar-refractivity contribution in [3.8, 4) is 21.7 Å². The van der Waals surface area contributed by atoms with Gasteiger partial charge in [0.2, 0.25) is 0 Å². The zero-order chi connectivity index (χ0) is 31.5. The van der Waals surface area contributed by atoms with Gasteiger partial charge in [0.25, 0.3) is 0 Å². The largest absolute Gasteiger partial charge is 0.360 e. The van der Waals surface area contributed by atoms with Crippen LogP contribution in [0.25, 0.3) is 42.9 Å². The summed E-state index contributed by atoms with van der Waals surface area (Å²) in [7, 11) is 0. The van der Waals surface area contributed by atoms with Crippen LogP contribution in [-0.2, 0) is 9.53 Å². The van der Waals surface area contributed by atoms with Gasteiger partial charge in [-0.1, -0.05) is 23.7 Å². The molecule has 0 saturated carbocycles. The van der Waals surface area contributed by atoms with Crippen molar-refractivity contribution in [3.63, 3.8) is 0 Å². The topological polar surface area (TPSA) is 60.2 Å². The Balaban J connectivity index is 1.52. The molecule has 0 bridgehead atoms. The molecule has 0 unspecified atom stereocenters. The molecule has 2 atom stereocenters. The van der Waals surface area contributed by atoms with Crippen molar-refractivity contribution in [2.75, 3.05) is 13.1 Å². The number of aromatic nitrogens is 3. The summed E-state index contributed by atoms with van der Waals surface area (Å²) in [6.07, 6.45) is 0.414. The normalized spacial score (nSPS) is 16.9. The average Bonchev–Trinajstić information content (AvgIpc) is 3.67. The van der Waals surface area contributed by atoms with E-state index in [1.807, 2.05) is 52.0 Å². The third-order valence-corrected chi connectivity index (χ3v) is 9.96. The molecule has 0 N–H and O–H groups in total. The molecule has 44 heavy (non-hydrogen) atoms. The van der Waals surface area contributed by atoms with E-state index in [1.165, 1.54) is 0 Å². The van der Waals surface area contributed by atoms with Crippen LogP contribution in [0.4, 0.5) is 0 Å². The first-order valence-corrected chi connectivity index (χ1v) is 16.6. The lowest BCUT2D eigenvalue weighted by molar-refractivity contribution is -0.138. The summed E-state index contributed by atoms with van der Waals surface area (Å²) in [6, 6.07) is 17.4. The van der Waals surface area contributed by atoms with E-state index in [1.54, 1.807) is 18.3 Å². The van der Waals surface area contributed by atoms with Gasteiger partial charge in [0, 0.05) is 46.9 Å². The van der Waals surface area contributed by atoms with Gasteiger partial charge < -0.3 is 9.30 Å². The first kappa shape index (κ1) is 30.9. The van der Waals surface area contributed by atoms with E-state index < -0.39 is 11.7 Å². The second kappa shape index (κ2) is 11.7. The average molecular weight is 629 g/mol. The summed E-state index contributed by atoms with van der Waals surface area (Å²) < 4.78 is 9.88. The molecule has 230 valence electrons. The number of ketones is 1. The number of fused-ring (bicyclic) bond motifs is 2. The molecule has 8 heteroatoms. The molecule has 0 amide bonds. The summed E-state index contributed by atoms with van der Waals surface area (Å²) in [5, 5.41) is 1.60. The lowest BCUT2D eigenvalue weighted by Crippen LogP contribution is -2.28. The van der Waals surface area contributed by atoms with Gasteiger partial charge in [-0.15, -0.1) is 11.3 Å². The van der Waals surface area contributed by atoms with Crippen LogP contribution in [0.5, 0.6) is 0 Å². The number of hydrogen-bond donors (Lipinski definition) is 0. The predicted octanol–water partition coefficient (Wildman–Crippen LogP) is 9.35. The summed E-state index contributed by atoms with van der Waals surface area (Å²) in [5.41, 5.74) is 7.45. The highest BCUT2D eigenvalue weighted by atomic mass is 35.5. The SMILES string of the molecule is CC(=O)[C@@H](OC(C)(C)C)c1c(C)cc2nc(-c3ccc4nc(C)n([C@@H]5CCN(C(C)C)C5)c4c3)sc2c1-c1ccc(Cl)cc1. The second-order valence-electron chi connectivity index (χ2n) is 13.3. The van der Waals surface area contributed by atoms with E-state index in [0.29, 0.717) is 17.1 Å². The van der Waals surface area contributed by atoms with Crippen LogP contribution in [-0.4, -0.2) is 50.0 Å². The van der Waals surface area contributed by atoms with Crippen molar-refractivity contribution in [1.29, 1.82) is 0 Å². The molecule has 1 saturated heterocycles. The Hall–Kier alpha value is -3.10. The molecular weight excluding hydrogens is 588 g/mol. The van der Waals surface area contributed by atoms with E-state index in [2.05, 4.69) is 54.5 Å². The number of halogens is 1. The maximum atomic E-state index is 13.1. The number of rotatable bonds is 7. The van der Waals surface area contributed by atoms with Crippen LogP contribution >= 0.6 is 22.9 Å². The highest BCUT2D eigenvalue weighted by Gasteiger charge is 2.31. The number of carbonyl (C=O) groups excluding carboxylic acids is 1. The number of imidazole rings is 1. The van der Waals surface area contributed by atoms with Gasteiger partial charge in [-0.2, -0.15) is 0 Å². The maximum absolute atomic E-state index is 13.1. The molecule has 1 aliphatic heterocycles. The van der Waals surface area contributed by atoms with E-state index in [0.717, 1.165) is 79.4 Å². The highest BCUT2D eigenvalue weighted by molar-refractivity contribution is 7.22. The minimum Gasteiger partial charge on any atom is -0.360 e. The zero-order valence-electron chi connectivity index (χ0n) is 26.9. The van der Waals surface area contributed by atoms with E-state index in [-0.39, 0.29) is 5.78 Å². The monoisotopic (exact) mass is 628 g/mol. The van der Waals surface area contributed by atoms with Gasteiger partial charge in [0.05, 0.1) is 26.9 Å². The molecule has 1 aliphatic rings. The van der Waals surface area contributed by atoms with Gasteiger partial charge in [-0.25, -0.2) is 9.97 Å². The van der Waals surface area contributed by atoms with Gasteiger partial charge in [0.1, 0.15) is 16.9 Å². The minimum absolute atomic E-state index is 0.0284. The summed E-state index contributed by atoms with van der Waals surface area (Å²) >= 11 is 7.96. The summed E-state index contributed by atoms with van der Waals surface area (Å²) in [6.45, 7) is 18.4.